The number of rotatable bonds is 2. The Balaban J connectivity index is 2.31. The lowest BCUT2D eigenvalue weighted by molar-refractivity contribution is -0.138. The van der Waals surface area contributed by atoms with Crippen LogP contribution in [0.2, 0.25) is 0 Å². The van der Waals surface area contributed by atoms with E-state index in [-0.39, 0.29) is 6.10 Å². The van der Waals surface area contributed by atoms with Crippen molar-refractivity contribution in [2.75, 3.05) is 0 Å². The predicted octanol–water partition coefficient (Wildman–Crippen LogP) is 1.09. The molecule has 0 spiro atoms. The highest BCUT2D eigenvalue weighted by atomic mass is 16.5. The van der Waals surface area contributed by atoms with Crippen molar-refractivity contribution in [2.24, 2.45) is 5.73 Å². The molecule has 80 valence electrons. The molecule has 0 bridgehead atoms. The molecule has 1 aromatic rings. The Kier molecular flexibility index (Phi) is 2.36. The largest absolute Gasteiger partial charge is 0.490 e. The van der Waals surface area contributed by atoms with Gasteiger partial charge in [-0.25, -0.2) is 0 Å². The lowest BCUT2D eigenvalue weighted by atomic mass is 10.0. The molecule has 4 nitrogen and oxygen atoms in total. The van der Waals surface area contributed by atoms with E-state index in [9.17, 15) is 4.79 Å². The topological polar surface area (TPSA) is 72.6 Å². The van der Waals surface area contributed by atoms with Crippen molar-refractivity contribution < 1.29 is 14.6 Å². The first-order valence-electron chi connectivity index (χ1n) is 4.86. The molecule has 0 amide bonds. The Bertz CT molecular complexity index is 403. The van der Waals surface area contributed by atoms with Crippen LogP contribution in [0.1, 0.15) is 24.1 Å². The van der Waals surface area contributed by atoms with E-state index in [2.05, 4.69) is 0 Å². The van der Waals surface area contributed by atoms with Gasteiger partial charge in [0.15, 0.2) is 0 Å². The summed E-state index contributed by atoms with van der Waals surface area (Å²) in [6.07, 6.45) is 0.978. The third kappa shape index (κ3) is 1.80. The molecule has 1 aromatic carbocycles. The Morgan fingerprint density at radius 2 is 2.40 bits per heavy atom. The van der Waals surface area contributed by atoms with Crippen molar-refractivity contribution >= 4 is 5.97 Å². The lowest BCUT2D eigenvalue weighted by Crippen LogP contribution is -2.20. The summed E-state index contributed by atoms with van der Waals surface area (Å²) in [7, 11) is 0. The van der Waals surface area contributed by atoms with Gasteiger partial charge in [-0.2, -0.15) is 0 Å². The zero-order chi connectivity index (χ0) is 11.0. The molecule has 0 saturated carbocycles. The van der Waals surface area contributed by atoms with Crippen LogP contribution >= 0.6 is 0 Å². The van der Waals surface area contributed by atoms with E-state index in [0.717, 1.165) is 17.7 Å². The normalized spacial score (nSPS) is 20.5. The van der Waals surface area contributed by atoms with E-state index in [1.165, 1.54) is 0 Å². The summed E-state index contributed by atoms with van der Waals surface area (Å²) in [4.78, 5) is 10.7. The summed E-state index contributed by atoms with van der Waals surface area (Å²) in [5.41, 5.74) is 7.19. The average Bonchev–Trinajstić information content (AvgIpc) is 2.55. The molecule has 0 fully saturated rings. The fraction of sp³-hybridized carbons (Fsp3) is 0.364. The number of carboxylic acid groups (broad SMARTS) is 1. The molecule has 0 aliphatic carbocycles. The van der Waals surface area contributed by atoms with Crippen LogP contribution in [0.3, 0.4) is 0 Å². The first-order valence-corrected chi connectivity index (χ1v) is 4.86. The summed E-state index contributed by atoms with van der Waals surface area (Å²) in [5.74, 6) is -0.175. The minimum absolute atomic E-state index is 0.163. The van der Waals surface area contributed by atoms with E-state index >= 15 is 0 Å². The quantitative estimate of drug-likeness (QED) is 0.761. The minimum atomic E-state index is -1.01. The lowest BCUT2D eigenvalue weighted by Gasteiger charge is -2.07. The molecule has 0 aromatic heterocycles. The van der Waals surface area contributed by atoms with Gasteiger partial charge in [0.05, 0.1) is 0 Å². The number of aliphatic carboxylic acids is 1. The van der Waals surface area contributed by atoms with Gasteiger partial charge in [-0.05, 0) is 30.2 Å². The summed E-state index contributed by atoms with van der Waals surface area (Å²) in [6.45, 7) is 1.98. The van der Waals surface area contributed by atoms with Crippen LogP contribution in [0, 0.1) is 0 Å². The van der Waals surface area contributed by atoms with Gasteiger partial charge in [0.25, 0.3) is 0 Å². The fourth-order valence-electron chi connectivity index (χ4n) is 1.78. The number of nitrogens with two attached hydrogens (primary N) is 1. The zero-order valence-electron chi connectivity index (χ0n) is 8.43. The number of carboxylic acids is 1. The first-order chi connectivity index (χ1) is 7.08. The minimum Gasteiger partial charge on any atom is -0.490 e. The van der Waals surface area contributed by atoms with E-state index in [1.807, 2.05) is 13.0 Å². The molecule has 4 heteroatoms. The number of carbonyl (C=O) groups is 1. The zero-order valence-corrected chi connectivity index (χ0v) is 8.43. The first kappa shape index (κ1) is 9.98. The summed E-state index contributed by atoms with van der Waals surface area (Å²) in [6, 6.07) is 4.36. The third-order valence-corrected chi connectivity index (χ3v) is 2.55. The van der Waals surface area contributed by atoms with Gasteiger partial charge in [-0.3, -0.25) is 4.79 Å². The molecule has 0 radical (unpaired) electrons. The van der Waals surface area contributed by atoms with E-state index in [4.69, 9.17) is 15.6 Å². The standard InChI is InChI=1S/C11H13NO3/c1-6-4-8-5-7(10(12)11(13)14)2-3-9(8)15-6/h2-3,5-6,10H,4,12H2,1H3,(H,13,14). The van der Waals surface area contributed by atoms with Gasteiger partial charge in [0.2, 0.25) is 0 Å². The average molecular weight is 207 g/mol. The number of hydrogen-bond donors (Lipinski definition) is 2. The number of fused-ring (bicyclic) bond motifs is 1. The van der Waals surface area contributed by atoms with Crippen molar-refractivity contribution in [1.29, 1.82) is 0 Å². The number of benzene rings is 1. The number of hydrogen-bond acceptors (Lipinski definition) is 3. The molecular formula is C11H13NO3. The molecule has 0 saturated heterocycles. The molecule has 1 aliphatic heterocycles. The van der Waals surface area contributed by atoms with Crippen LogP contribution < -0.4 is 10.5 Å². The molecule has 2 unspecified atom stereocenters. The van der Waals surface area contributed by atoms with Crippen LogP contribution in [0.15, 0.2) is 18.2 Å². The van der Waals surface area contributed by atoms with Crippen molar-refractivity contribution in [2.45, 2.75) is 25.5 Å². The molecule has 3 N–H and O–H groups in total. The summed E-state index contributed by atoms with van der Waals surface area (Å²) < 4.78 is 5.51. The molecule has 2 atom stereocenters. The fourth-order valence-corrected chi connectivity index (χ4v) is 1.78. The number of ether oxygens (including phenoxy) is 1. The van der Waals surface area contributed by atoms with Crippen LogP contribution in [0.25, 0.3) is 0 Å². The van der Waals surface area contributed by atoms with Crippen molar-refractivity contribution in [3.05, 3.63) is 29.3 Å². The van der Waals surface area contributed by atoms with Gasteiger partial charge in [-0.1, -0.05) is 6.07 Å². The Hall–Kier alpha value is -1.55. The van der Waals surface area contributed by atoms with Crippen LogP contribution in [-0.2, 0) is 11.2 Å². The maximum atomic E-state index is 10.7. The predicted molar refractivity (Wildman–Crippen MR) is 54.8 cm³/mol. The maximum Gasteiger partial charge on any atom is 0.325 e. The molecule has 1 aliphatic rings. The van der Waals surface area contributed by atoms with E-state index < -0.39 is 12.0 Å². The van der Waals surface area contributed by atoms with Crippen molar-refractivity contribution in [3.63, 3.8) is 0 Å². The van der Waals surface area contributed by atoms with E-state index in [0.29, 0.717) is 5.56 Å². The van der Waals surface area contributed by atoms with Crippen molar-refractivity contribution in [3.8, 4) is 5.75 Å². The molecule has 15 heavy (non-hydrogen) atoms. The molecule has 1 heterocycles. The second kappa shape index (κ2) is 3.55. The van der Waals surface area contributed by atoms with Crippen LogP contribution in [0.5, 0.6) is 5.75 Å². The van der Waals surface area contributed by atoms with Crippen LogP contribution in [0.4, 0.5) is 0 Å². The third-order valence-electron chi connectivity index (χ3n) is 2.55. The van der Waals surface area contributed by atoms with Crippen molar-refractivity contribution in [1.82, 2.24) is 0 Å². The van der Waals surface area contributed by atoms with Gasteiger partial charge >= 0.3 is 5.97 Å². The van der Waals surface area contributed by atoms with Gasteiger partial charge < -0.3 is 15.6 Å². The highest BCUT2D eigenvalue weighted by molar-refractivity contribution is 5.75. The summed E-state index contributed by atoms with van der Waals surface area (Å²) in [5, 5.41) is 8.78. The Morgan fingerprint density at radius 1 is 1.67 bits per heavy atom. The van der Waals surface area contributed by atoms with Gasteiger partial charge in [-0.15, -0.1) is 0 Å². The highest BCUT2D eigenvalue weighted by Gasteiger charge is 2.21. The Labute approximate surface area is 87.7 Å². The SMILES string of the molecule is CC1Cc2cc(C(N)C(=O)O)ccc2O1. The smallest absolute Gasteiger partial charge is 0.325 e. The molecular weight excluding hydrogens is 194 g/mol. The Morgan fingerprint density at radius 3 is 3.07 bits per heavy atom. The van der Waals surface area contributed by atoms with Crippen LogP contribution in [-0.4, -0.2) is 17.2 Å². The monoisotopic (exact) mass is 207 g/mol. The van der Waals surface area contributed by atoms with Gasteiger partial charge in [0.1, 0.15) is 17.9 Å². The summed E-state index contributed by atoms with van der Waals surface area (Å²) >= 11 is 0. The molecule has 2 rings (SSSR count). The second-order valence-electron chi connectivity index (χ2n) is 3.82. The second-order valence-corrected chi connectivity index (χ2v) is 3.82. The van der Waals surface area contributed by atoms with E-state index in [1.54, 1.807) is 12.1 Å². The maximum absolute atomic E-state index is 10.7. The highest BCUT2D eigenvalue weighted by Crippen LogP contribution is 2.30. The van der Waals surface area contributed by atoms with Gasteiger partial charge in [0, 0.05) is 6.42 Å².